The summed E-state index contributed by atoms with van der Waals surface area (Å²) in [7, 11) is 1.48. The Hall–Kier alpha value is -3.81. The first-order chi connectivity index (χ1) is 16.4. The number of carbonyl (C=O) groups is 3. The van der Waals surface area contributed by atoms with Gasteiger partial charge in [-0.25, -0.2) is 9.69 Å². The van der Waals surface area contributed by atoms with E-state index in [1.54, 1.807) is 54.6 Å². The second-order valence-corrected chi connectivity index (χ2v) is 8.10. The number of imide groups is 2. The molecule has 4 amide bonds. The van der Waals surface area contributed by atoms with Crippen molar-refractivity contribution < 1.29 is 23.9 Å². The SMILES string of the molecule is COc1ccc(/C=C2\C(=O)NC(=O)N(c3ccc(OCc4ccc(Cl)cc4)cc3)C2=O)cc1Cl. The molecular weight excluding hydrogens is 479 g/mol. The van der Waals surface area contributed by atoms with Crippen molar-refractivity contribution in [1.29, 1.82) is 0 Å². The lowest BCUT2D eigenvalue weighted by Gasteiger charge is -2.26. The van der Waals surface area contributed by atoms with E-state index >= 15 is 0 Å². The van der Waals surface area contributed by atoms with Crippen LogP contribution in [0.5, 0.6) is 11.5 Å². The maximum Gasteiger partial charge on any atom is 0.335 e. The monoisotopic (exact) mass is 496 g/mol. The highest BCUT2D eigenvalue weighted by molar-refractivity contribution is 6.39. The molecule has 0 radical (unpaired) electrons. The predicted molar refractivity (Wildman–Crippen MR) is 129 cm³/mol. The number of nitrogens with zero attached hydrogens (tertiary/aromatic N) is 1. The smallest absolute Gasteiger partial charge is 0.335 e. The van der Waals surface area contributed by atoms with Crippen LogP contribution in [0.2, 0.25) is 10.0 Å². The Labute approximate surface area is 205 Å². The Balaban J connectivity index is 1.53. The first-order valence-corrected chi connectivity index (χ1v) is 10.8. The number of nitrogens with one attached hydrogen (secondary N) is 1. The van der Waals surface area contributed by atoms with Crippen LogP contribution in [0.25, 0.3) is 6.08 Å². The van der Waals surface area contributed by atoms with E-state index in [2.05, 4.69) is 5.32 Å². The second kappa shape index (κ2) is 9.99. The maximum atomic E-state index is 13.1. The summed E-state index contributed by atoms with van der Waals surface area (Å²) in [5.41, 5.74) is 1.52. The topological polar surface area (TPSA) is 84.9 Å². The molecule has 4 rings (SSSR count). The Morgan fingerprint density at radius 1 is 0.941 bits per heavy atom. The first kappa shape index (κ1) is 23.4. The molecule has 0 saturated carbocycles. The van der Waals surface area contributed by atoms with Gasteiger partial charge in [0.2, 0.25) is 0 Å². The van der Waals surface area contributed by atoms with E-state index in [0.29, 0.717) is 33.7 Å². The van der Waals surface area contributed by atoms with Gasteiger partial charge in [-0.05, 0) is 65.7 Å². The van der Waals surface area contributed by atoms with E-state index in [0.717, 1.165) is 10.5 Å². The summed E-state index contributed by atoms with van der Waals surface area (Å²) >= 11 is 12.0. The van der Waals surface area contributed by atoms with Crippen LogP contribution in [0.1, 0.15) is 11.1 Å². The number of carbonyl (C=O) groups excluding carboxylic acids is 3. The maximum absolute atomic E-state index is 13.1. The fraction of sp³-hybridized carbons (Fsp3) is 0.0800. The fourth-order valence-electron chi connectivity index (χ4n) is 3.27. The summed E-state index contributed by atoms with van der Waals surface area (Å²) in [6, 6.07) is 17.6. The molecule has 1 heterocycles. The van der Waals surface area contributed by atoms with Gasteiger partial charge in [0.1, 0.15) is 23.7 Å². The van der Waals surface area contributed by atoms with E-state index < -0.39 is 17.8 Å². The lowest BCUT2D eigenvalue weighted by atomic mass is 10.1. The molecule has 3 aromatic rings. The summed E-state index contributed by atoms with van der Waals surface area (Å²) in [6.07, 6.45) is 1.37. The van der Waals surface area contributed by atoms with Crippen molar-refractivity contribution in [3.05, 3.63) is 93.5 Å². The minimum absolute atomic E-state index is 0.205. The molecule has 9 heteroatoms. The highest BCUT2D eigenvalue weighted by Gasteiger charge is 2.36. The number of anilines is 1. The molecule has 0 bridgehead atoms. The summed E-state index contributed by atoms with van der Waals surface area (Å²) in [6.45, 7) is 0.325. The van der Waals surface area contributed by atoms with Crippen LogP contribution < -0.4 is 19.7 Å². The number of hydrogen-bond acceptors (Lipinski definition) is 5. The lowest BCUT2D eigenvalue weighted by Crippen LogP contribution is -2.54. The molecule has 1 aliphatic rings. The van der Waals surface area contributed by atoms with E-state index in [-0.39, 0.29) is 11.3 Å². The highest BCUT2D eigenvalue weighted by Crippen LogP contribution is 2.28. The molecule has 1 aliphatic heterocycles. The third-order valence-corrected chi connectivity index (χ3v) is 5.55. The van der Waals surface area contributed by atoms with Crippen molar-refractivity contribution in [2.24, 2.45) is 0 Å². The molecule has 172 valence electrons. The summed E-state index contributed by atoms with van der Waals surface area (Å²) in [5.74, 6) is -0.543. The third-order valence-electron chi connectivity index (χ3n) is 5.00. The van der Waals surface area contributed by atoms with Crippen LogP contribution in [-0.4, -0.2) is 25.0 Å². The number of halogens is 2. The minimum Gasteiger partial charge on any atom is -0.495 e. The van der Waals surface area contributed by atoms with Crippen LogP contribution in [0.15, 0.2) is 72.3 Å². The number of benzene rings is 3. The van der Waals surface area contributed by atoms with Crippen molar-refractivity contribution in [3.63, 3.8) is 0 Å². The molecule has 1 saturated heterocycles. The van der Waals surface area contributed by atoms with Crippen LogP contribution in [0, 0.1) is 0 Å². The summed E-state index contributed by atoms with van der Waals surface area (Å²) in [4.78, 5) is 38.8. The average molecular weight is 497 g/mol. The standard InChI is InChI=1S/C25H18Cl2N2O5/c1-33-22-11-4-16(13-21(22)27)12-20-23(30)28-25(32)29(24(20)31)18-7-9-19(10-8-18)34-14-15-2-5-17(26)6-3-15/h2-13H,14H2,1H3,(H,28,30,32)/b20-12+. The van der Waals surface area contributed by atoms with Gasteiger partial charge in [0.05, 0.1) is 17.8 Å². The Bertz CT molecular complexity index is 1290. The van der Waals surface area contributed by atoms with Gasteiger partial charge in [0, 0.05) is 5.02 Å². The molecule has 0 atom stereocenters. The summed E-state index contributed by atoms with van der Waals surface area (Å²) in [5, 5.41) is 3.15. The molecule has 1 fully saturated rings. The van der Waals surface area contributed by atoms with E-state index in [1.165, 1.54) is 13.2 Å². The minimum atomic E-state index is -0.838. The average Bonchev–Trinajstić information content (AvgIpc) is 2.82. The van der Waals surface area contributed by atoms with Crippen molar-refractivity contribution in [1.82, 2.24) is 5.32 Å². The molecule has 0 unspecified atom stereocenters. The number of amides is 4. The zero-order valence-corrected chi connectivity index (χ0v) is 19.4. The van der Waals surface area contributed by atoms with Crippen LogP contribution >= 0.6 is 23.2 Å². The van der Waals surface area contributed by atoms with E-state index in [4.69, 9.17) is 32.7 Å². The Kier molecular flexibility index (Phi) is 6.86. The van der Waals surface area contributed by atoms with Gasteiger partial charge in [-0.15, -0.1) is 0 Å². The van der Waals surface area contributed by atoms with Crippen molar-refractivity contribution in [3.8, 4) is 11.5 Å². The van der Waals surface area contributed by atoms with Crippen LogP contribution in [0.4, 0.5) is 10.5 Å². The summed E-state index contributed by atoms with van der Waals surface area (Å²) < 4.78 is 10.9. The number of methoxy groups -OCH3 is 1. The van der Waals surface area contributed by atoms with Gasteiger partial charge in [0.15, 0.2) is 0 Å². The van der Waals surface area contributed by atoms with E-state index in [1.807, 2.05) is 12.1 Å². The highest BCUT2D eigenvalue weighted by atomic mass is 35.5. The predicted octanol–water partition coefficient (Wildman–Crippen LogP) is 5.25. The van der Waals surface area contributed by atoms with E-state index in [9.17, 15) is 14.4 Å². The fourth-order valence-corrected chi connectivity index (χ4v) is 3.66. The van der Waals surface area contributed by atoms with Gasteiger partial charge >= 0.3 is 6.03 Å². The molecule has 7 nitrogen and oxygen atoms in total. The van der Waals surface area contributed by atoms with Gasteiger partial charge in [0.25, 0.3) is 11.8 Å². The number of rotatable bonds is 6. The zero-order chi connectivity index (χ0) is 24.2. The molecule has 1 N–H and O–H groups in total. The Morgan fingerprint density at radius 2 is 1.65 bits per heavy atom. The number of urea groups is 1. The largest absolute Gasteiger partial charge is 0.495 e. The molecule has 0 aromatic heterocycles. The third kappa shape index (κ3) is 5.06. The van der Waals surface area contributed by atoms with Gasteiger partial charge in [-0.3, -0.25) is 14.9 Å². The quantitative estimate of drug-likeness (QED) is 0.372. The first-order valence-electron chi connectivity index (χ1n) is 10.1. The Morgan fingerprint density at radius 3 is 2.29 bits per heavy atom. The number of hydrogen-bond donors (Lipinski definition) is 1. The second-order valence-electron chi connectivity index (χ2n) is 7.26. The zero-order valence-electron chi connectivity index (χ0n) is 17.9. The molecule has 0 spiro atoms. The van der Waals surface area contributed by atoms with Crippen molar-refractivity contribution in [2.45, 2.75) is 6.61 Å². The van der Waals surface area contributed by atoms with Gasteiger partial charge < -0.3 is 9.47 Å². The lowest BCUT2D eigenvalue weighted by molar-refractivity contribution is -0.122. The molecule has 0 aliphatic carbocycles. The molecule has 3 aromatic carbocycles. The normalized spacial score (nSPS) is 14.9. The number of ether oxygens (including phenoxy) is 2. The van der Waals surface area contributed by atoms with Gasteiger partial charge in [-0.2, -0.15) is 0 Å². The van der Waals surface area contributed by atoms with Crippen molar-refractivity contribution >= 4 is 52.8 Å². The molecule has 34 heavy (non-hydrogen) atoms. The van der Waals surface area contributed by atoms with Crippen LogP contribution in [-0.2, 0) is 16.2 Å². The molecular formula is C25H18Cl2N2O5. The van der Waals surface area contributed by atoms with Crippen molar-refractivity contribution in [2.75, 3.05) is 12.0 Å². The van der Waals surface area contributed by atoms with Gasteiger partial charge in [-0.1, -0.05) is 41.4 Å². The number of barbiturate groups is 1. The van der Waals surface area contributed by atoms with Crippen LogP contribution in [0.3, 0.4) is 0 Å².